The minimum Gasteiger partial charge on any atom is -0.314 e. The van der Waals surface area contributed by atoms with E-state index in [1.54, 1.807) is 0 Å². The van der Waals surface area contributed by atoms with Crippen LogP contribution < -0.4 is 5.32 Å². The predicted octanol–water partition coefficient (Wildman–Crippen LogP) is 3.50. The molecular weight excluding hydrogens is 234 g/mol. The number of nitrogens with one attached hydrogen (secondary N) is 1. The normalized spacial score (nSPS) is 14.3. The van der Waals surface area contributed by atoms with E-state index in [1.165, 1.54) is 11.1 Å². The van der Waals surface area contributed by atoms with Gasteiger partial charge in [-0.15, -0.1) is 0 Å². The molecule has 0 bridgehead atoms. The van der Waals surface area contributed by atoms with Crippen LogP contribution in [0.25, 0.3) is 11.1 Å². The zero-order valence-electron chi connectivity index (χ0n) is 12.0. The Bertz CT molecular complexity index is 490. The number of aromatic nitrogens is 2. The fourth-order valence-corrected chi connectivity index (χ4v) is 2.41. The highest BCUT2D eigenvalue weighted by Crippen LogP contribution is 2.20. The number of rotatable bonds is 6. The molecule has 3 heteroatoms. The number of hydrogen-bond donors (Lipinski definition) is 1. The van der Waals surface area contributed by atoms with Crippen LogP contribution in [0.2, 0.25) is 0 Å². The van der Waals surface area contributed by atoms with E-state index < -0.39 is 0 Å². The molecule has 102 valence electrons. The molecule has 3 nitrogen and oxygen atoms in total. The maximum atomic E-state index is 4.49. The van der Waals surface area contributed by atoms with Crippen LogP contribution in [-0.4, -0.2) is 22.4 Å². The number of nitrogens with zero attached hydrogens (tertiary/aromatic N) is 2. The van der Waals surface area contributed by atoms with Gasteiger partial charge in [0.1, 0.15) is 0 Å². The summed E-state index contributed by atoms with van der Waals surface area (Å²) in [5, 5.41) is 7.94. The fraction of sp³-hybridized carbons (Fsp3) is 0.438. The third-order valence-electron chi connectivity index (χ3n) is 3.41. The van der Waals surface area contributed by atoms with Gasteiger partial charge in [0.05, 0.1) is 12.2 Å². The maximum Gasteiger partial charge on any atom is 0.0568 e. The van der Waals surface area contributed by atoms with E-state index in [2.05, 4.69) is 66.3 Å². The lowest BCUT2D eigenvalue weighted by molar-refractivity contribution is 0.394. The van der Waals surface area contributed by atoms with Gasteiger partial charge in [-0.2, -0.15) is 5.10 Å². The summed E-state index contributed by atoms with van der Waals surface area (Å²) in [5.74, 6) is 0. The minimum absolute atomic E-state index is 0.409. The Morgan fingerprint density at radius 3 is 2.58 bits per heavy atom. The minimum atomic E-state index is 0.409. The van der Waals surface area contributed by atoms with Gasteiger partial charge in [0.25, 0.3) is 0 Å². The van der Waals surface area contributed by atoms with Crippen molar-refractivity contribution in [1.29, 1.82) is 0 Å². The molecule has 0 radical (unpaired) electrons. The summed E-state index contributed by atoms with van der Waals surface area (Å²) in [6, 6.07) is 11.3. The lowest BCUT2D eigenvalue weighted by Gasteiger charge is -2.18. The smallest absolute Gasteiger partial charge is 0.0568 e. The van der Waals surface area contributed by atoms with Crippen molar-refractivity contribution in [2.75, 3.05) is 6.54 Å². The van der Waals surface area contributed by atoms with E-state index in [1.807, 2.05) is 12.3 Å². The highest BCUT2D eigenvalue weighted by atomic mass is 15.3. The van der Waals surface area contributed by atoms with Crippen LogP contribution in [0, 0.1) is 0 Å². The molecule has 0 aliphatic heterocycles. The van der Waals surface area contributed by atoms with Crippen molar-refractivity contribution in [2.45, 2.75) is 39.3 Å². The number of benzene rings is 1. The van der Waals surface area contributed by atoms with E-state index >= 15 is 0 Å². The Morgan fingerprint density at radius 2 is 1.89 bits per heavy atom. The van der Waals surface area contributed by atoms with Gasteiger partial charge in [-0.1, -0.05) is 37.3 Å². The molecule has 0 amide bonds. The average molecular weight is 257 g/mol. The molecule has 2 unspecified atom stereocenters. The first-order chi connectivity index (χ1) is 9.20. The van der Waals surface area contributed by atoms with Gasteiger partial charge in [-0.3, -0.25) is 4.68 Å². The Hall–Kier alpha value is -1.61. The molecule has 0 fully saturated rings. The molecule has 1 aromatic carbocycles. The van der Waals surface area contributed by atoms with Crippen LogP contribution in [0.15, 0.2) is 42.7 Å². The monoisotopic (exact) mass is 257 g/mol. The van der Waals surface area contributed by atoms with E-state index in [0.717, 1.165) is 13.0 Å². The topological polar surface area (TPSA) is 29.9 Å². The molecule has 0 spiro atoms. The Morgan fingerprint density at radius 1 is 1.16 bits per heavy atom. The molecule has 2 atom stereocenters. The van der Waals surface area contributed by atoms with Gasteiger partial charge < -0.3 is 5.32 Å². The van der Waals surface area contributed by atoms with E-state index in [4.69, 9.17) is 0 Å². The summed E-state index contributed by atoms with van der Waals surface area (Å²) in [6.45, 7) is 7.60. The highest BCUT2D eigenvalue weighted by molar-refractivity contribution is 5.61. The van der Waals surface area contributed by atoms with Crippen molar-refractivity contribution in [3.8, 4) is 11.1 Å². The van der Waals surface area contributed by atoms with Crippen LogP contribution in [0.1, 0.15) is 33.2 Å². The SMILES string of the molecule is CCNC(C)CC(C)n1cc(-c2ccccc2)cn1. The number of hydrogen-bond acceptors (Lipinski definition) is 2. The van der Waals surface area contributed by atoms with Crippen molar-refractivity contribution in [2.24, 2.45) is 0 Å². The quantitative estimate of drug-likeness (QED) is 0.858. The largest absolute Gasteiger partial charge is 0.314 e. The molecule has 0 saturated heterocycles. The van der Waals surface area contributed by atoms with E-state index in [9.17, 15) is 0 Å². The van der Waals surface area contributed by atoms with Crippen LogP contribution in [0.4, 0.5) is 0 Å². The van der Waals surface area contributed by atoms with Gasteiger partial charge >= 0.3 is 0 Å². The van der Waals surface area contributed by atoms with Crippen LogP contribution in [-0.2, 0) is 0 Å². The fourth-order valence-electron chi connectivity index (χ4n) is 2.41. The third kappa shape index (κ3) is 3.67. The van der Waals surface area contributed by atoms with E-state index in [0.29, 0.717) is 12.1 Å². The summed E-state index contributed by atoms with van der Waals surface area (Å²) in [4.78, 5) is 0. The zero-order valence-corrected chi connectivity index (χ0v) is 12.0. The highest BCUT2D eigenvalue weighted by Gasteiger charge is 2.11. The van der Waals surface area contributed by atoms with Gasteiger partial charge in [-0.05, 0) is 32.4 Å². The van der Waals surface area contributed by atoms with Crippen molar-refractivity contribution < 1.29 is 0 Å². The maximum absolute atomic E-state index is 4.49. The van der Waals surface area contributed by atoms with Crippen LogP contribution >= 0.6 is 0 Å². The van der Waals surface area contributed by atoms with Crippen molar-refractivity contribution in [3.63, 3.8) is 0 Å². The first kappa shape index (κ1) is 13.8. The van der Waals surface area contributed by atoms with Crippen molar-refractivity contribution in [1.82, 2.24) is 15.1 Å². The standard InChI is InChI=1S/C16H23N3/c1-4-17-13(2)10-14(3)19-12-16(11-18-19)15-8-6-5-7-9-15/h5-9,11-14,17H,4,10H2,1-3H3. The third-order valence-corrected chi connectivity index (χ3v) is 3.41. The van der Waals surface area contributed by atoms with Gasteiger partial charge in [0.2, 0.25) is 0 Å². The second-order valence-corrected chi connectivity index (χ2v) is 5.12. The van der Waals surface area contributed by atoms with Crippen LogP contribution in [0.3, 0.4) is 0 Å². The first-order valence-corrected chi connectivity index (χ1v) is 7.03. The van der Waals surface area contributed by atoms with Gasteiger partial charge in [0.15, 0.2) is 0 Å². The Kier molecular flexibility index (Phi) is 4.74. The summed E-state index contributed by atoms with van der Waals surface area (Å²) in [7, 11) is 0. The molecule has 1 heterocycles. The Labute approximate surface area is 115 Å². The zero-order chi connectivity index (χ0) is 13.7. The summed E-state index contributed by atoms with van der Waals surface area (Å²) >= 11 is 0. The second kappa shape index (κ2) is 6.53. The van der Waals surface area contributed by atoms with Gasteiger partial charge in [0, 0.05) is 17.8 Å². The summed E-state index contributed by atoms with van der Waals surface area (Å²) in [5.41, 5.74) is 2.41. The second-order valence-electron chi connectivity index (χ2n) is 5.12. The summed E-state index contributed by atoms with van der Waals surface area (Å²) < 4.78 is 2.07. The van der Waals surface area contributed by atoms with Crippen LogP contribution in [0.5, 0.6) is 0 Å². The molecule has 19 heavy (non-hydrogen) atoms. The summed E-state index contributed by atoms with van der Waals surface area (Å²) in [6.07, 6.45) is 5.17. The van der Waals surface area contributed by atoms with E-state index in [-0.39, 0.29) is 0 Å². The Balaban J connectivity index is 2.04. The molecule has 0 saturated carbocycles. The molecule has 2 aromatic rings. The average Bonchev–Trinajstić information content (AvgIpc) is 2.89. The predicted molar refractivity (Wildman–Crippen MR) is 80.1 cm³/mol. The molecule has 2 rings (SSSR count). The molecule has 0 aliphatic rings. The lowest BCUT2D eigenvalue weighted by Crippen LogP contribution is -2.28. The molecule has 0 aliphatic carbocycles. The van der Waals surface area contributed by atoms with Crippen molar-refractivity contribution >= 4 is 0 Å². The molecule has 1 aromatic heterocycles. The lowest BCUT2D eigenvalue weighted by atomic mass is 10.1. The molecule has 1 N–H and O–H groups in total. The molecular formula is C16H23N3. The van der Waals surface area contributed by atoms with Gasteiger partial charge in [-0.25, -0.2) is 0 Å². The van der Waals surface area contributed by atoms with Crippen molar-refractivity contribution in [3.05, 3.63) is 42.7 Å². The first-order valence-electron chi connectivity index (χ1n) is 7.03.